The lowest BCUT2D eigenvalue weighted by Gasteiger charge is -2.15. The Morgan fingerprint density at radius 2 is 1.51 bits per heavy atom. The van der Waals surface area contributed by atoms with Crippen molar-refractivity contribution in [3.63, 3.8) is 0 Å². The third-order valence-electron chi connectivity index (χ3n) is 5.93. The fraction of sp³-hybridized carbons (Fsp3) is 0.222. The summed E-state index contributed by atoms with van der Waals surface area (Å²) in [6.45, 7) is 0.314. The molecule has 0 bridgehead atoms. The molecule has 0 aliphatic heterocycles. The largest absolute Gasteiger partial charge is 0.480 e. The summed E-state index contributed by atoms with van der Waals surface area (Å²) in [4.78, 5) is 35.8. The van der Waals surface area contributed by atoms with Crippen molar-refractivity contribution in [2.75, 3.05) is 20.3 Å². The Kier molecular flexibility index (Phi) is 7.42. The Hall–Kier alpha value is -4.17. The van der Waals surface area contributed by atoms with Crippen LogP contribution in [0.3, 0.4) is 0 Å². The number of carboxylic acid groups (broad SMARTS) is 1. The zero-order valence-corrected chi connectivity index (χ0v) is 19.2. The van der Waals surface area contributed by atoms with Gasteiger partial charge in [0, 0.05) is 25.1 Å². The third kappa shape index (κ3) is 5.50. The van der Waals surface area contributed by atoms with Crippen LogP contribution < -0.4 is 10.6 Å². The van der Waals surface area contributed by atoms with E-state index in [0.29, 0.717) is 5.56 Å². The van der Waals surface area contributed by atoms with Crippen molar-refractivity contribution < 1.29 is 29.0 Å². The van der Waals surface area contributed by atoms with Gasteiger partial charge in [0.25, 0.3) is 5.91 Å². The van der Waals surface area contributed by atoms with Crippen LogP contribution in [0.5, 0.6) is 0 Å². The second kappa shape index (κ2) is 10.8. The predicted octanol–water partition coefficient (Wildman–Crippen LogP) is 3.55. The minimum absolute atomic E-state index is 0.0151. The number of ether oxygens (including phenoxy) is 2. The first kappa shape index (κ1) is 24.0. The summed E-state index contributed by atoms with van der Waals surface area (Å²) < 4.78 is 10.3. The number of methoxy groups -OCH3 is 1. The molecule has 0 saturated carbocycles. The summed E-state index contributed by atoms with van der Waals surface area (Å²) in [6.07, 6.45) is -0.530. The number of hydrogen-bond donors (Lipinski definition) is 3. The number of rotatable bonds is 9. The zero-order chi connectivity index (χ0) is 24.8. The SMILES string of the molecule is COCC(NC(=O)c1ccc(CNC(=O)OCC2c3ccccc3-c3ccccc32)cc1)C(=O)O. The van der Waals surface area contributed by atoms with Crippen LogP contribution in [0.15, 0.2) is 72.8 Å². The summed E-state index contributed by atoms with van der Waals surface area (Å²) in [7, 11) is 1.36. The molecule has 0 aromatic heterocycles. The maximum Gasteiger partial charge on any atom is 0.407 e. The number of carbonyl (C=O) groups is 3. The highest BCUT2D eigenvalue weighted by atomic mass is 16.5. The van der Waals surface area contributed by atoms with E-state index >= 15 is 0 Å². The van der Waals surface area contributed by atoms with Gasteiger partial charge in [-0.3, -0.25) is 4.79 Å². The minimum Gasteiger partial charge on any atom is -0.480 e. The van der Waals surface area contributed by atoms with E-state index < -0.39 is 24.0 Å². The smallest absolute Gasteiger partial charge is 0.407 e. The Balaban J connectivity index is 1.30. The van der Waals surface area contributed by atoms with Gasteiger partial charge in [0.1, 0.15) is 6.61 Å². The van der Waals surface area contributed by atoms with Crippen LogP contribution >= 0.6 is 0 Å². The lowest BCUT2D eigenvalue weighted by atomic mass is 9.98. The molecule has 8 heteroatoms. The number of nitrogens with one attached hydrogen (secondary N) is 2. The Morgan fingerprint density at radius 1 is 0.914 bits per heavy atom. The number of alkyl carbamates (subject to hydrolysis) is 1. The summed E-state index contributed by atoms with van der Waals surface area (Å²) in [6, 6.07) is 21.6. The van der Waals surface area contributed by atoms with Crippen molar-refractivity contribution in [1.82, 2.24) is 10.6 Å². The van der Waals surface area contributed by atoms with Gasteiger partial charge in [-0.15, -0.1) is 0 Å². The molecular weight excluding hydrogens is 448 g/mol. The third-order valence-corrected chi connectivity index (χ3v) is 5.93. The van der Waals surface area contributed by atoms with Gasteiger partial charge >= 0.3 is 12.1 Å². The zero-order valence-electron chi connectivity index (χ0n) is 19.2. The van der Waals surface area contributed by atoms with Gasteiger partial charge in [0.05, 0.1) is 6.61 Å². The molecule has 8 nitrogen and oxygen atoms in total. The lowest BCUT2D eigenvalue weighted by Crippen LogP contribution is -2.43. The molecule has 2 amide bonds. The molecule has 3 N–H and O–H groups in total. The van der Waals surface area contributed by atoms with Crippen molar-refractivity contribution in [2.24, 2.45) is 0 Å². The van der Waals surface area contributed by atoms with Gasteiger partial charge in [-0.2, -0.15) is 0 Å². The molecule has 180 valence electrons. The first-order valence-corrected chi connectivity index (χ1v) is 11.2. The summed E-state index contributed by atoms with van der Waals surface area (Å²) in [5, 5.41) is 14.3. The fourth-order valence-electron chi connectivity index (χ4n) is 4.18. The standard InChI is InChI=1S/C27H26N2O6/c1-34-16-24(26(31)32)29-25(30)18-12-10-17(11-13-18)14-28-27(33)35-15-23-21-8-4-2-6-19(21)20-7-3-5-9-22(20)23/h2-13,23-24H,14-16H2,1H3,(H,28,33)(H,29,30)(H,31,32). The molecule has 3 aromatic carbocycles. The molecule has 1 aliphatic carbocycles. The molecule has 35 heavy (non-hydrogen) atoms. The van der Waals surface area contributed by atoms with Gasteiger partial charge in [-0.1, -0.05) is 60.7 Å². The molecule has 3 aromatic rings. The highest BCUT2D eigenvalue weighted by Gasteiger charge is 2.29. The van der Waals surface area contributed by atoms with E-state index in [1.165, 1.54) is 7.11 Å². The van der Waals surface area contributed by atoms with E-state index in [9.17, 15) is 14.4 Å². The van der Waals surface area contributed by atoms with Gasteiger partial charge < -0.3 is 25.2 Å². The lowest BCUT2D eigenvalue weighted by molar-refractivity contribution is -0.140. The van der Waals surface area contributed by atoms with Crippen molar-refractivity contribution in [3.8, 4) is 11.1 Å². The van der Waals surface area contributed by atoms with Crippen molar-refractivity contribution in [1.29, 1.82) is 0 Å². The molecule has 4 rings (SSSR count). The number of fused-ring (bicyclic) bond motifs is 3. The molecule has 0 radical (unpaired) electrons. The van der Waals surface area contributed by atoms with Crippen molar-refractivity contribution >= 4 is 18.0 Å². The van der Waals surface area contributed by atoms with Crippen LogP contribution in [0.1, 0.15) is 33.0 Å². The van der Waals surface area contributed by atoms with Crippen molar-refractivity contribution in [3.05, 3.63) is 95.1 Å². The fourth-order valence-corrected chi connectivity index (χ4v) is 4.18. The molecule has 0 fully saturated rings. The van der Waals surface area contributed by atoms with Crippen LogP contribution in [0, 0.1) is 0 Å². The summed E-state index contributed by atoms with van der Waals surface area (Å²) in [5.74, 6) is -1.71. The van der Waals surface area contributed by atoms with Gasteiger partial charge in [0.2, 0.25) is 0 Å². The Morgan fingerprint density at radius 3 is 2.09 bits per heavy atom. The van der Waals surface area contributed by atoms with Crippen LogP contribution in [0.2, 0.25) is 0 Å². The van der Waals surface area contributed by atoms with E-state index in [0.717, 1.165) is 27.8 Å². The molecule has 1 aliphatic rings. The van der Waals surface area contributed by atoms with Gasteiger partial charge in [-0.25, -0.2) is 9.59 Å². The van der Waals surface area contributed by atoms with E-state index in [-0.39, 0.29) is 25.7 Å². The molecule has 1 atom stereocenters. The second-order valence-electron chi connectivity index (χ2n) is 8.20. The molecule has 0 spiro atoms. The summed E-state index contributed by atoms with van der Waals surface area (Å²) >= 11 is 0. The number of carbonyl (C=O) groups excluding carboxylic acids is 2. The maximum atomic E-state index is 12.4. The maximum absolute atomic E-state index is 12.4. The number of carboxylic acids is 1. The predicted molar refractivity (Wildman–Crippen MR) is 129 cm³/mol. The van der Waals surface area contributed by atoms with E-state index in [4.69, 9.17) is 14.6 Å². The highest BCUT2D eigenvalue weighted by Crippen LogP contribution is 2.44. The van der Waals surface area contributed by atoms with Crippen LogP contribution in [-0.4, -0.2) is 49.4 Å². The van der Waals surface area contributed by atoms with Gasteiger partial charge in [0.15, 0.2) is 6.04 Å². The molecule has 1 unspecified atom stereocenters. The number of benzene rings is 3. The Labute approximate surface area is 202 Å². The van der Waals surface area contributed by atoms with Crippen LogP contribution in [0.4, 0.5) is 4.79 Å². The van der Waals surface area contributed by atoms with E-state index in [1.54, 1.807) is 24.3 Å². The first-order chi connectivity index (χ1) is 17.0. The van der Waals surface area contributed by atoms with Crippen molar-refractivity contribution in [2.45, 2.75) is 18.5 Å². The van der Waals surface area contributed by atoms with Crippen LogP contribution in [-0.2, 0) is 20.8 Å². The molecule has 0 saturated heterocycles. The second-order valence-corrected chi connectivity index (χ2v) is 8.20. The minimum atomic E-state index is -1.18. The average molecular weight is 475 g/mol. The summed E-state index contributed by atoms with van der Waals surface area (Å²) in [5.41, 5.74) is 5.69. The molecular formula is C27H26N2O6. The number of aliphatic carboxylic acids is 1. The quantitative estimate of drug-likeness (QED) is 0.437. The van der Waals surface area contributed by atoms with E-state index in [1.807, 2.05) is 24.3 Å². The molecule has 0 heterocycles. The Bertz CT molecular complexity index is 1180. The monoisotopic (exact) mass is 474 g/mol. The highest BCUT2D eigenvalue weighted by molar-refractivity contribution is 5.96. The first-order valence-electron chi connectivity index (χ1n) is 11.2. The number of hydrogen-bond acceptors (Lipinski definition) is 5. The van der Waals surface area contributed by atoms with E-state index in [2.05, 4.69) is 34.9 Å². The van der Waals surface area contributed by atoms with Gasteiger partial charge in [-0.05, 0) is 39.9 Å². The normalized spacial score (nSPS) is 12.8. The topological polar surface area (TPSA) is 114 Å². The average Bonchev–Trinajstić information content (AvgIpc) is 3.20. The number of amides is 2. The van der Waals surface area contributed by atoms with Crippen LogP contribution in [0.25, 0.3) is 11.1 Å².